The van der Waals surface area contributed by atoms with Crippen molar-refractivity contribution < 1.29 is 9.53 Å². The van der Waals surface area contributed by atoms with Gasteiger partial charge in [-0.1, -0.05) is 11.6 Å². The average molecular weight is 322 g/mol. The molecule has 1 aromatic heterocycles. The fourth-order valence-electron chi connectivity index (χ4n) is 2.49. The van der Waals surface area contributed by atoms with Crippen LogP contribution in [0.2, 0.25) is 5.02 Å². The van der Waals surface area contributed by atoms with Crippen molar-refractivity contribution >= 4 is 28.4 Å². The second-order valence-electron chi connectivity index (χ2n) is 5.28. The number of fused-ring (bicyclic) bond motifs is 1. The maximum atomic E-state index is 12.3. The van der Waals surface area contributed by atoms with Crippen LogP contribution < -0.4 is 10.9 Å². The summed E-state index contributed by atoms with van der Waals surface area (Å²) in [6.07, 6.45) is 3.43. The Hall–Kier alpha value is -1.92. The summed E-state index contributed by atoms with van der Waals surface area (Å²) >= 11 is 5.87. The zero-order valence-corrected chi connectivity index (χ0v) is 12.7. The summed E-state index contributed by atoms with van der Waals surface area (Å²) in [5.41, 5.74) is 0.266. The van der Waals surface area contributed by atoms with Gasteiger partial charge in [0, 0.05) is 18.2 Å². The second-order valence-corrected chi connectivity index (χ2v) is 5.71. The van der Waals surface area contributed by atoms with E-state index in [1.54, 1.807) is 18.2 Å². The number of carbonyl (C=O) groups excluding carboxylic acids is 1. The standard InChI is InChI=1S/C15H16ClN3O3/c16-10-3-4-12-13(6-10)18-9-19(15(12)21)8-14(20)17-7-11-2-1-5-22-11/h3-4,6,9,11H,1-2,5,7-8H2,(H,17,20). The van der Waals surface area contributed by atoms with E-state index in [-0.39, 0.29) is 24.1 Å². The van der Waals surface area contributed by atoms with Gasteiger partial charge in [-0.2, -0.15) is 0 Å². The Balaban J connectivity index is 1.70. The summed E-state index contributed by atoms with van der Waals surface area (Å²) in [5.74, 6) is -0.229. The summed E-state index contributed by atoms with van der Waals surface area (Å²) in [5, 5.41) is 3.75. The van der Waals surface area contributed by atoms with Crippen LogP contribution in [-0.2, 0) is 16.1 Å². The molecule has 0 saturated carbocycles. The largest absolute Gasteiger partial charge is 0.376 e. The van der Waals surface area contributed by atoms with Crippen LogP contribution in [0.3, 0.4) is 0 Å². The molecule has 1 N–H and O–H groups in total. The van der Waals surface area contributed by atoms with E-state index in [9.17, 15) is 9.59 Å². The molecule has 1 aromatic carbocycles. The quantitative estimate of drug-likeness (QED) is 0.922. The van der Waals surface area contributed by atoms with Crippen LogP contribution in [0.15, 0.2) is 29.3 Å². The first-order valence-electron chi connectivity index (χ1n) is 7.16. The third-order valence-corrected chi connectivity index (χ3v) is 3.89. The fraction of sp³-hybridized carbons (Fsp3) is 0.400. The summed E-state index contributed by atoms with van der Waals surface area (Å²) < 4.78 is 6.73. The highest BCUT2D eigenvalue weighted by atomic mass is 35.5. The van der Waals surface area contributed by atoms with E-state index in [0.717, 1.165) is 19.4 Å². The third kappa shape index (κ3) is 3.28. The zero-order valence-electron chi connectivity index (χ0n) is 11.9. The van der Waals surface area contributed by atoms with E-state index in [1.165, 1.54) is 10.9 Å². The van der Waals surface area contributed by atoms with Crippen molar-refractivity contribution in [3.63, 3.8) is 0 Å². The van der Waals surface area contributed by atoms with Crippen LogP contribution in [0.1, 0.15) is 12.8 Å². The molecular formula is C15H16ClN3O3. The summed E-state index contributed by atoms with van der Waals surface area (Å²) in [7, 11) is 0. The molecule has 7 heteroatoms. The van der Waals surface area contributed by atoms with Crippen molar-refractivity contribution in [2.45, 2.75) is 25.5 Å². The van der Waals surface area contributed by atoms with Gasteiger partial charge in [0.2, 0.25) is 5.91 Å². The molecule has 0 aliphatic carbocycles. The van der Waals surface area contributed by atoms with Crippen molar-refractivity contribution in [1.29, 1.82) is 0 Å². The van der Waals surface area contributed by atoms with Crippen molar-refractivity contribution in [3.05, 3.63) is 39.9 Å². The Kier molecular flexibility index (Phi) is 4.40. The van der Waals surface area contributed by atoms with Crippen LogP contribution in [0.5, 0.6) is 0 Å². The molecule has 0 bridgehead atoms. The lowest BCUT2D eigenvalue weighted by molar-refractivity contribution is -0.122. The molecule has 1 amide bonds. The number of nitrogens with zero attached hydrogens (tertiary/aromatic N) is 2. The summed E-state index contributed by atoms with van der Waals surface area (Å²) in [6.45, 7) is 1.17. The molecule has 0 spiro atoms. The minimum absolute atomic E-state index is 0.0584. The SMILES string of the molecule is O=C(Cn1cnc2cc(Cl)ccc2c1=O)NCC1CCCO1. The highest BCUT2D eigenvalue weighted by Crippen LogP contribution is 2.14. The second kappa shape index (κ2) is 6.46. The van der Waals surface area contributed by atoms with Gasteiger partial charge < -0.3 is 10.1 Å². The monoisotopic (exact) mass is 321 g/mol. The lowest BCUT2D eigenvalue weighted by atomic mass is 10.2. The van der Waals surface area contributed by atoms with Crippen LogP contribution >= 0.6 is 11.6 Å². The Morgan fingerprint density at radius 1 is 1.50 bits per heavy atom. The number of aromatic nitrogens is 2. The Morgan fingerprint density at radius 2 is 2.36 bits per heavy atom. The van der Waals surface area contributed by atoms with Crippen molar-refractivity contribution in [3.8, 4) is 0 Å². The normalized spacial score (nSPS) is 17.8. The summed E-state index contributed by atoms with van der Waals surface area (Å²) in [6, 6.07) is 4.88. The molecule has 2 aromatic rings. The van der Waals surface area contributed by atoms with E-state index < -0.39 is 0 Å². The Bertz CT molecular complexity index is 753. The maximum absolute atomic E-state index is 12.3. The molecule has 22 heavy (non-hydrogen) atoms. The molecule has 1 unspecified atom stereocenters. The molecule has 1 aliphatic heterocycles. The van der Waals surface area contributed by atoms with Gasteiger partial charge in [-0.15, -0.1) is 0 Å². The third-order valence-electron chi connectivity index (χ3n) is 3.65. The molecule has 3 rings (SSSR count). The van der Waals surface area contributed by atoms with Crippen LogP contribution in [-0.4, -0.2) is 34.7 Å². The molecule has 1 aliphatic rings. The predicted molar refractivity (Wildman–Crippen MR) is 83.0 cm³/mol. The molecule has 1 atom stereocenters. The fourth-order valence-corrected chi connectivity index (χ4v) is 2.65. The predicted octanol–water partition coefficient (Wildman–Crippen LogP) is 1.35. The topological polar surface area (TPSA) is 73.2 Å². The number of hydrogen-bond acceptors (Lipinski definition) is 4. The van der Waals surface area contributed by atoms with E-state index in [2.05, 4.69) is 10.3 Å². The van der Waals surface area contributed by atoms with Gasteiger partial charge >= 0.3 is 0 Å². The number of benzene rings is 1. The minimum Gasteiger partial charge on any atom is -0.376 e. The van der Waals surface area contributed by atoms with E-state index in [1.807, 2.05) is 0 Å². The van der Waals surface area contributed by atoms with E-state index in [4.69, 9.17) is 16.3 Å². The zero-order chi connectivity index (χ0) is 15.5. The first kappa shape index (κ1) is 15.0. The Morgan fingerprint density at radius 3 is 3.14 bits per heavy atom. The minimum atomic E-state index is -0.256. The van der Waals surface area contributed by atoms with E-state index >= 15 is 0 Å². The molecule has 6 nitrogen and oxygen atoms in total. The lowest BCUT2D eigenvalue weighted by Crippen LogP contribution is -2.36. The van der Waals surface area contributed by atoms with Crippen LogP contribution in [0.4, 0.5) is 0 Å². The van der Waals surface area contributed by atoms with Crippen LogP contribution in [0, 0.1) is 0 Å². The molecule has 2 heterocycles. The lowest BCUT2D eigenvalue weighted by Gasteiger charge is -2.11. The summed E-state index contributed by atoms with van der Waals surface area (Å²) in [4.78, 5) is 28.4. The van der Waals surface area contributed by atoms with Gasteiger partial charge in [0.25, 0.3) is 5.56 Å². The van der Waals surface area contributed by atoms with Crippen molar-refractivity contribution in [2.24, 2.45) is 0 Å². The van der Waals surface area contributed by atoms with Crippen LogP contribution in [0.25, 0.3) is 10.9 Å². The Labute approximate surface area is 132 Å². The number of carbonyl (C=O) groups is 1. The highest BCUT2D eigenvalue weighted by molar-refractivity contribution is 6.31. The van der Waals surface area contributed by atoms with Gasteiger partial charge in [-0.3, -0.25) is 14.2 Å². The van der Waals surface area contributed by atoms with Gasteiger partial charge in [0.15, 0.2) is 0 Å². The number of amides is 1. The van der Waals surface area contributed by atoms with E-state index in [0.29, 0.717) is 22.5 Å². The van der Waals surface area contributed by atoms with Gasteiger partial charge in [0.05, 0.1) is 23.3 Å². The number of halogens is 1. The molecule has 0 radical (unpaired) electrons. The number of ether oxygens (including phenoxy) is 1. The molecule has 1 fully saturated rings. The smallest absolute Gasteiger partial charge is 0.261 e. The first-order valence-corrected chi connectivity index (χ1v) is 7.54. The first-order chi connectivity index (χ1) is 10.6. The molecule has 116 valence electrons. The van der Waals surface area contributed by atoms with Gasteiger partial charge in [-0.05, 0) is 31.0 Å². The number of rotatable bonds is 4. The van der Waals surface area contributed by atoms with Crippen molar-refractivity contribution in [2.75, 3.05) is 13.2 Å². The highest BCUT2D eigenvalue weighted by Gasteiger charge is 2.16. The van der Waals surface area contributed by atoms with Gasteiger partial charge in [-0.25, -0.2) is 4.98 Å². The van der Waals surface area contributed by atoms with Crippen molar-refractivity contribution in [1.82, 2.24) is 14.9 Å². The average Bonchev–Trinajstić information content (AvgIpc) is 3.01. The molecular weight excluding hydrogens is 306 g/mol. The maximum Gasteiger partial charge on any atom is 0.261 e. The number of nitrogens with one attached hydrogen (secondary N) is 1. The molecule has 1 saturated heterocycles. The number of hydrogen-bond donors (Lipinski definition) is 1. The van der Waals surface area contributed by atoms with Gasteiger partial charge in [0.1, 0.15) is 6.54 Å².